The van der Waals surface area contributed by atoms with Gasteiger partial charge in [-0.1, -0.05) is 143 Å². The normalized spacial score (nSPS) is 12.8. The highest BCUT2D eigenvalue weighted by Crippen LogP contribution is 2.36. The molecule has 12 heterocycles. The third kappa shape index (κ3) is 30.4. The molecule has 1 aliphatic rings. The van der Waals surface area contributed by atoms with Crippen LogP contribution < -0.4 is 0 Å². The molecule has 0 saturated carbocycles. The van der Waals surface area contributed by atoms with Crippen molar-refractivity contribution >= 4 is 103 Å². The van der Waals surface area contributed by atoms with E-state index in [9.17, 15) is 33.9 Å². The molecule has 1 unspecified atom stereocenters. The molecule has 18 nitrogen and oxygen atoms in total. The monoisotopic (exact) mass is 1720 g/mol. The second-order valence-corrected chi connectivity index (χ2v) is 42.0. The summed E-state index contributed by atoms with van der Waals surface area (Å²) in [5.41, 5.74) is 5.57. The molecule has 24 heteroatoms. The predicted molar refractivity (Wildman–Crippen MR) is 494 cm³/mol. The first kappa shape index (κ1) is 96.9. The van der Waals surface area contributed by atoms with E-state index in [1.807, 2.05) is 166 Å². The number of carbonyl (C=O) groups is 6. The molecule has 1 atom stereocenters. The molecule has 12 rings (SSSR count). The van der Waals surface area contributed by atoms with Crippen molar-refractivity contribution in [3.63, 3.8) is 0 Å². The minimum atomic E-state index is -0.346. The Bertz CT molecular complexity index is 4610. The molecule has 119 heavy (non-hydrogen) atoms. The zero-order valence-corrected chi connectivity index (χ0v) is 78.8. The number of β-amino-alcohol motifs (C(OH)–C–C–N with tert-alkyl or cyclic N) is 1. The van der Waals surface area contributed by atoms with Crippen LogP contribution in [0.2, 0.25) is 0 Å². The Hall–Kier alpha value is -9.27. The van der Waals surface area contributed by atoms with Crippen molar-refractivity contribution in [2.75, 3.05) is 47.3 Å². The van der Waals surface area contributed by atoms with Crippen molar-refractivity contribution < 1.29 is 33.9 Å². The van der Waals surface area contributed by atoms with Crippen LogP contribution in [0.1, 0.15) is 260 Å². The van der Waals surface area contributed by atoms with Crippen LogP contribution in [0.3, 0.4) is 0 Å². The number of aliphatic hydroxyl groups is 1. The zero-order valence-electron chi connectivity index (χ0n) is 73.9. The topological polar surface area (TPSA) is 207 Å². The number of hydrogen-bond donors (Lipinski definition) is 1. The Morgan fingerprint density at radius 2 is 0.672 bits per heavy atom. The first-order chi connectivity index (χ1) is 55.8. The largest absolute Gasteiger partial charge is 0.391 e. The molecular formula is C95H123N11O7S6. The molecule has 0 aromatic carbocycles. The van der Waals surface area contributed by atoms with E-state index >= 15 is 0 Å². The minimum Gasteiger partial charge on any atom is -0.391 e. The van der Waals surface area contributed by atoms with Crippen molar-refractivity contribution in [3.05, 3.63) is 282 Å². The number of carbonyl (C=O) groups excluding carboxylic acids is 6. The highest BCUT2D eigenvalue weighted by molar-refractivity contribution is 7.16. The van der Waals surface area contributed by atoms with Gasteiger partial charge in [0.15, 0.2) is 0 Å². The Kier molecular flexibility index (Phi) is 35.7. The number of rotatable bonds is 18. The Morgan fingerprint density at radius 1 is 0.353 bits per heavy atom. The summed E-state index contributed by atoms with van der Waals surface area (Å²) in [6.07, 6.45) is 14.4. The summed E-state index contributed by atoms with van der Waals surface area (Å²) in [5, 5.41) is 9.44. The van der Waals surface area contributed by atoms with Crippen molar-refractivity contribution in [2.45, 2.75) is 216 Å². The lowest BCUT2D eigenvalue weighted by atomic mass is 9.95. The molecule has 1 N–H and O–H groups in total. The maximum atomic E-state index is 12.6. The van der Waals surface area contributed by atoms with Crippen LogP contribution in [0.4, 0.5) is 0 Å². The minimum absolute atomic E-state index is 0.0520. The second-order valence-electron chi connectivity index (χ2n) is 35.5. The summed E-state index contributed by atoms with van der Waals surface area (Å²) in [6.45, 7) is 48.3. The van der Waals surface area contributed by atoms with Gasteiger partial charge in [0.1, 0.15) is 0 Å². The van der Waals surface area contributed by atoms with E-state index in [0.717, 1.165) is 57.3 Å². The fraction of sp³-hybridized carbons (Fsp3) is 0.421. The zero-order chi connectivity index (χ0) is 87.8. The molecule has 1 fully saturated rings. The van der Waals surface area contributed by atoms with E-state index in [1.165, 1.54) is 29.3 Å². The van der Waals surface area contributed by atoms with Gasteiger partial charge in [0, 0.05) is 146 Å². The van der Waals surface area contributed by atoms with Crippen LogP contribution in [0, 0.1) is 0 Å². The lowest BCUT2D eigenvalue weighted by Gasteiger charge is -2.20. The first-order valence-electron chi connectivity index (χ1n) is 40.2. The number of likely N-dealkylation sites (tertiary alicyclic amines) is 1. The third-order valence-electron chi connectivity index (χ3n) is 18.8. The van der Waals surface area contributed by atoms with Gasteiger partial charge in [0.05, 0.1) is 59.8 Å². The summed E-state index contributed by atoms with van der Waals surface area (Å²) < 4.78 is 0. The summed E-state index contributed by atoms with van der Waals surface area (Å²) in [7, 11) is 5.47. The lowest BCUT2D eigenvalue weighted by molar-refractivity contribution is 0.0749. The van der Waals surface area contributed by atoms with Gasteiger partial charge < -0.3 is 34.5 Å². The van der Waals surface area contributed by atoms with Crippen LogP contribution in [0.15, 0.2) is 195 Å². The summed E-state index contributed by atoms with van der Waals surface area (Å²) in [6, 6.07) is 47.0. The van der Waals surface area contributed by atoms with E-state index in [4.69, 9.17) is 0 Å². The average Bonchev–Trinajstić information content (AvgIpc) is 1.80. The molecule has 6 amide bonds. The highest BCUT2D eigenvalue weighted by Gasteiger charge is 2.30. The van der Waals surface area contributed by atoms with E-state index in [2.05, 4.69) is 174 Å². The Labute approximate surface area is 731 Å². The van der Waals surface area contributed by atoms with Gasteiger partial charge in [-0.3, -0.25) is 53.7 Å². The number of aromatic nitrogens is 5. The molecule has 0 aliphatic carbocycles. The van der Waals surface area contributed by atoms with Gasteiger partial charge in [-0.15, -0.1) is 68.0 Å². The number of hydrogen-bond acceptors (Lipinski definition) is 18. The molecule has 636 valence electrons. The second kappa shape index (κ2) is 43.8. The summed E-state index contributed by atoms with van der Waals surface area (Å²) in [4.78, 5) is 118. The van der Waals surface area contributed by atoms with E-state index in [1.54, 1.807) is 137 Å². The molecule has 0 radical (unpaired) electrons. The van der Waals surface area contributed by atoms with Crippen LogP contribution in [0.5, 0.6) is 0 Å². The van der Waals surface area contributed by atoms with Gasteiger partial charge in [-0.05, 0) is 197 Å². The van der Waals surface area contributed by atoms with Crippen LogP contribution in [-0.4, -0.2) is 148 Å². The summed E-state index contributed by atoms with van der Waals surface area (Å²) >= 11 is 9.49. The number of thiophene rings is 6. The van der Waals surface area contributed by atoms with Crippen molar-refractivity contribution in [1.29, 1.82) is 0 Å². The first-order valence-corrected chi connectivity index (χ1v) is 45.1. The number of nitrogens with zero attached hydrogens (tertiary/aromatic N) is 11. The molecular weight excluding hydrogens is 1600 g/mol. The quantitative estimate of drug-likeness (QED) is 0.0851. The molecule has 0 bridgehead atoms. The number of amides is 6. The van der Waals surface area contributed by atoms with Crippen LogP contribution in [-0.2, 0) is 65.2 Å². The lowest BCUT2D eigenvalue weighted by Crippen LogP contribution is -2.30. The van der Waals surface area contributed by atoms with E-state index in [0.29, 0.717) is 65.3 Å². The number of aliphatic hydroxyl groups excluding tert-OH is 1. The number of pyridine rings is 5. The maximum absolute atomic E-state index is 12.6. The fourth-order valence-electron chi connectivity index (χ4n) is 11.6. The van der Waals surface area contributed by atoms with Gasteiger partial charge in [-0.25, -0.2) is 0 Å². The molecule has 0 spiro atoms. The Morgan fingerprint density at radius 3 is 0.983 bits per heavy atom. The molecule has 11 aromatic rings. The average molecular weight is 1720 g/mol. The summed E-state index contributed by atoms with van der Waals surface area (Å²) in [5.74, 6) is 0.438. The standard InChI is InChI=1S/2C17H22N2OS.3C16H20N2OS.C13H19NO2S/c1-5-19(12-13-8-10-18-11-9-13)16(20)14-6-7-15(21-14)17(2,3)4;1-5-19(12-13-8-6-7-11-18-13)16(20)14-9-10-15(21-14)17(2,3)4;1-16(2,3)14-6-5-13(20-14)15(19)18(4)11-12-7-9-17-10-8-12;1-16(2,3)14-8-7-13(20-14)15(19)18(4)11-12-6-5-9-17-10-12;1-16(2,3)14-9-8-13(20-14)15(19)18(4)11-12-7-5-6-10-17-12;1-13(2,3)11-5-4-10(17-11)12(16)14-7-6-9(15)8-14/h2*6-11H,5,12H2,1-4H3;3*5-10H,11H2,1-4H3;4-5,9,15H,6-8H2,1-3H3. The third-order valence-corrected chi connectivity index (χ3v) is 27.8. The van der Waals surface area contributed by atoms with Gasteiger partial charge in [0.25, 0.3) is 35.4 Å². The Balaban J connectivity index is 0.000000197. The van der Waals surface area contributed by atoms with E-state index < -0.39 is 0 Å². The van der Waals surface area contributed by atoms with E-state index in [-0.39, 0.29) is 74.0 Å². The molecule has 11 aromatic heterocycles. The van der Waals surface area contributed by atoms with Crippen LogP contribution >= 0.6 is 68.0 Å². The SMILES string of the molecule is CC(C)(C)c1ccc(C(=O)N2CCC(O)C2)s1.CCN(Cc1ccccn1)C(=O)c1ccc(C(C)(C)C)s1.CCN(Cc1ccncc1)C(=O)c1ccc(C(C)(C)C)s1.CN(Cc1ccccn1)C(=O)c1ccc(C(C)(C)C)s1.CN(Cc1cccnc1)C(=O)c1ccc(C(C)(C)C)s1.CN(Cc1ccncc1)C(=O)c1ccc(C(C)(C)C)s1. The van der Waals surface area contributed by atoms with Crippen molar-refractivity contribution in [1.82, 2.24) is 54.3 Å². The van der Waals surface area contributed by atoms with Crippen LogP contribution in [0.25, 0.3) is 0 Å². The predicted octanol–water partition coefficient (Wildman–Crippen LogP) is 21.6. The van der Waals surface area contributed by atoms with Gasteiger partial charge in [0.2, 0.25) is 0 Å². The molecule has 1 saturated heterocycles. The van der Waals surface area contributed by atoms with Gasteiger partial charge >= 0.3 is 0 Å². The highest BCUT2D eigenvalue weighted by atomic mass is 32.1. The van der Waals surface area contributed by atoms with Gasteiger partial charge in [-0.2, -0.15) is 0 Å². The maximum Gasteiger partial charge on any atom is 0.264 e. The molecule has 1 aliphatic heterocycles. The smallest absolute Gasteiger partial charge is 0.264 e. The fourth-order valence-corrected chi connectivity index (χ4v) is 17.9. The van der Waals surface area contributed by atoms with Crippen molar-refractivity contribution in [2.24, 2.45) is 0 Å². The van der Waals surface area contributed by atoms with Crippen molar-refractivity contribution in [3.8, 4) is 0 Å².